The third kappa shape index (κ3) is 2.55. The highest BCUT2D eigenvalue weighted by Gasteiger charge is 2.82. The zero-order chi connectivity index (χ0) is 23.6. The van der Waals surface area contributed by atoms with Gasteiger partial charge >= 0.3 is 0 Å². The lowest BCUT2D eigenvalue weighted by Gasteiger charge is -2.65. The van der Waals surface area contributed by atoms with E-state index >= 15 is 0 Å². The van der Waals surface area contributed by atoms with E-state index in [-0.39, 0.29) is 5.41 Å². The molecule has 0 amide bonds. The Kier molecular flexibility index (Phi) is 5.12. The summed E-state index contributed by atoms with van der Waals surface area (Å²) in [6.07, 6.45) is 12.2. The first-order chi connectivity index (χ1) is 15.6. The number of thioether (sulfide) groups is 1. The summed E-state index contributed by atoms with van der Waals surface area (Å²) in [6.45, 7) is 19.8. The summed E-state index contributed by atoms with van der Waals surface area (Å²) in [7, 11) is 0. The molecule has 0 bridgehead atoms. The van der Waals surface area contributed by atoms with E-state index in [0.29, 0.717) is 15.6 Å². The molecule has 0 aromatic heterocycles. The summed E-state index contributed by atoms with van der Waals surface area (Å²) in [4.78, 5) is 1.44. The van der Waals surface area contributed by atoms with Crippen molar-refractivity contribution in [3.8, 4) is 0 Å². The lowest BCUT2D eigenvalue weighted by Crippen LogP contribution is -2.64. The molecule has 1 heterocycles. The topological polar surface area (TPSA) is 0 Å². The Morgan fingerprint density at radius 1 is 1.06 bits per heavy atom. The quantitative estimate of drug-likeness (QED) is 0.360. The third-order valence-corrected chi connectivity index (χ3v) is 16.1. The van der Waals surface area contributed by atoms with Gasteiger partial charge in [-0.05, 0) is 129 Å². The van der Waals surface area contributed by atoms with Crippen molar-refractivity contribution >= 4 is 28.8 Å². The number of rotatable bonds is 2. The summed E-state index contributed by atoms with van der Waals surface area (Å²) in [5.41, 5.74) is 6.16. The minimum absolute atomic E-state index is 0.257. The Morgan fingerprint density at radius 3 is 2.52 bits per heavy atom. The van der Waals surface area contributed by atoms with E-state index in [2.05, 4.69) is 59.9 Å². The third-order valence-electron chi connectivity index (χ3n) is 13.5. The Labute approximate surface area is 213 Å². The minimum atomic E-state index is 0.257. The van der Waals surface area contributed by atoms with Crippen molar-refractivity contribution in [3.05, 3.63) is 23.3 Å². The van der Waals surface area contributed by atoms with Crippen molar-refractivity contribution in [1.29, 1.82) is 0 Å². The molecule has 5 fully saturated rings. The van der Waals surface area contributed by atoms with Crippen molar-refractivity contribution in [2.75, 3.05) is 5.75 Å². The van der Waals surface area contributed by atoms with E-state index in [4.69, 9.17) is 12.2 Å². The molecule has 6 aliphatic rings. The lowest BCUT2D eigenvalue weighted by atomic mass is 9.48. The molecule has 0 N–H and O–H groups in total. The summed E-state index contributed by atoms with van der Waals surface area (Å²) < 4.78 is 0.346. The highest BCUT2D eigenvalue weighted by Crippen LogP contribution is 2.88. The molecule has 2 heteroatoms. The first-order valence-corrected chi connectivity index (χ1v) is 15.5. The molecule has 0 aromatic rings. The van der Waals surface area contributed by atoms with Crippen LogP contribution in [0.3, 0.4) is 0 Å². The van der Waals surface area contributed by atoms with Crippen LogP contribution in [0.25, 0.3) is 0 Å². The van der Waals surface area contributed by atoms with Gasteiger partial charge in [0, 0.05) is 15.0 Å². The average Bonchev–Trinajstić information content (AvgIpc) is 3.08. The van der Waals surface area contributed by atoms with Crippen LogP contribution in [0.1, 0.15) is 99.3 Å². The zero-order valence-electron chi connectivity index (χ0n) is 22.1. The molecular formula is C31H46S2. The molecule has 4 saturated carbocycles. The largest absolute Gasteiger partial charge is 0.154 e. The Balaban J connectivity index is 1.33. The normalized spacial score (nSPS) is 55.6. The van der Waals surface area contributed by atoms with Crippen LogP contribution in [0.2, 0.25) is 0 Å². The predicted molar refractivity (Wildman–Crippen MR) is 148 cm³/mol. The minimum Gasteiger partial charge on any atom is -0.154 e. The second-order valence-corrected chi connectivity index (χ2v) is 15.6. The van der Waals surface area contributed by atoms with Crippen molar-refractivity contribution in [1.82, 2.24) is 0 Å². The smallest absolute Gasteiger partial charge is 0.0259 e. The molecule has 1 saturated heterocycles. The maximum atomic E-state index is 6.24. The van der Waals surface area contributed by atoms with Gasteiger partial charge in [0.25, 0.3) is 0 Å². The number of allylic oxidation sites excluding steroid dienone is 3. The highest BCUT2D eigenvalue weighted by atomic mass is 32.2. The van der Waals surface area contributed by atoms with E-state index in [0.717, 1.165) is 35.5 Å². The SMILES string of the molecule is C=C1CC(C2(C)C3CCC4C5CSC6(C)C(C)CCC(=S)C6(C)C5CCC432)CC(C)=C1CC. The second kappa shape index (κ2) is 7.24. The van der Waals surface area contributed by atoms with Crippen LogP contribution >= 0.6 is 24.0 Å². The van der Waals surface area contributed by atoms with E-state index in [1.54, 1.807) is 11.1 Å². The van der Waals surface area contributed by atoms with Crippen LogP contribution in [0.15, 0.2) is 23.3 Å². The van der Waals surface area contributed by atoms with Crippen LogP contribution < -0.4 is 0 Å². The number of fused-ring (bicyclic) bond motifs is 4. The van der Waals surface area contributed by atoms with Gasteiger partial charge in [-0.15, -0.1) is 0 Å². The number of hydrogen-bond donors (Lipinski definition) is 0. The van der Waals surface area contributed by atoms with E-state index in [1.165, 1.54) is 74.0 Å². The molecule has 0 radical (unpaired) electrons. The van der Waals surface area contributed by atoms with Crippen LogP contribution in [0.5, 0.6) is 0 Å². The number of thiocarbonyl (C=S) groups is 1. The van der Waals surface area contributed by atoms with Gasteiger partial charge in [-0.3, -0.25) is 0 Å². The summed E-state index contributed by atoms with van der Waals surface area (Å²) >= 11 is 8.58. The molecular weight excluding hydrogens is 436 g/mol. The van der Waals surface area contributed by atoms with Gasteiger partial charge in [0.2, 0.25) is 0 Å². The van der Waals surface area contributed by atoms with Gasteiger partial charge in [0.05, 0.1) is 0 Å². The van der Waals surface area contributed by atoms with Crippen molar-refractivity contribution in [2.45, 2.75) is 104 Å². The van der Waals surface area contributed by atoms with E-state index in [1.807, 2.05) is 0 Å². The second-order valence-electron chi connectivity index (χ2n) is 13.7. The van der Waals surface area contributed by atoms with Gasteiger partial charge in [0.15, 0.2) is 0 Å². The molecule has 0 aromatic carbocycles. The first-order valence-electron chi connectivity index (χ1n) is 14.1. The fourth-order valence-electron chi connectivity index (χ4n) is 11.5. The van der Waals surface area contributed by atoms with Gasteiger partial charge in [0.1, 0.15) is 0 Å². The molecule has 182 valence electrons. The van der Waals surface area contributed by atoms with Crippen LogP contribution in [0.4, 0.5) is 0 Å². The van der Waals surface area contributed by atoms with E-state index in [9.17, 15) is 0 Å². The van der Waals surface area contributed by atoms with E-state index < -0.39 is 0 Å². The van der Waals surface area contributed by atoms with Crippen LogP contribution in [0, 0.1) is 51.8 Å². The average molecular weight is 483 g/mol. The van der Waals surface area contributed by atoms with Crippen LogP contribution in [-0.4, -0.2) is 15.4 Å². The lowest BCUT2D eigenvalue weighted by molar-refractivity contribution is -0.0178. The number of hydrogen-bond acceptors (Lipinski definition) is 2. The fraction of sp³-hybridized carbons (Fsp3) is 0.839. The van der Waals surface area contributed by atoms with Crippen molar-refractivity contribution in [3.63, 3.8) is 0 Å². The van der Waals surface area contributed by atoms with Crippen molar-refractivity contribution < 1.29 is 0 Å². The molecule has 5 aliphatic carbocycles. The Morgan fingerprint density at radius 2 is 1.82 bits per heavy atom. The standard InChI is InChI=1S/C31H46S2/c1-8-22-18(2)15-21(16-19(22)3)28(5)26-11-10-25-23-17-33-30(7)20(4)9-12-27(32)29(30,6)24(23)13-14-31(25,26)28/h20-21,23-26H,2,8-17H2,1,3-7H3. The summed E-state index contributed by atoms with van der Waals surface area (Å²) in [5, 5.41) is 0. The molecule has 0 nitrogen and oxygen atoms in total. The molecule has 1 spiro atoms. The predicted octanol–water partition coefficient (Wildman–Crippen LogP) is 9.05. The summed E-state index contributed by atoms with van der Waals surface area (Å²) in [5.74, 6) is 6.67. The fourth-order valence-corrected chi connectivity index (χ4v) is 14.0. The van der Waals surface area contributed by atoms with Gasteiger partial charge in [-0.2, -0.15) is 11.8 Å². The van der Waals surface area contributed by atoms with Gasteiger partial charge in [-0.1, -0.05) is 57.6 Å². The van der Waals surface area contributed by atoms with Crippen LogP contribution in [-0.2, 0) is 0 Å². The zero-order valence-corrected chi connectivity index (χ0v) is 23.7. The Hall–Kier alpha value is -0.0800. The maximum absolute atomic E-state index is 6.24. The molecule has 6 rings (SSSR count). The summed E-state index contributed by atoms with van der Waals surface area (Å²) in [6, 6.07) is 0. The first kappa shape index (κ1) is 23.3. The monoisotopic (exact) mass is 482 g/mol. The molecule has 33 heavy (non-hydrogen) atoms. The molecule has 10 unspecified atom stereocenters. The molecule has 10 atom stereocenters. The maximum Gasteiger partial charge on any atom is 0.0259 e. The van der Waals surface area contributed by atoms with Gasteiger partial charge in [-0.25, -0.2) is 0 Å². The Bertz CT molecular complexity index is 945. The molecule has 1 aliphatic heterocycles. The van der Waals surface area contributed by atoms with Crippen molar-refractivity contribution in [2.24, 2.45) is 51.8 Å². The highest BCUT2D eigenvalue weighted by molar-refractivity contribution is 8.00. The van der Waals surface area contributed by atoms with Gasteiger partial charge < -0.3 is 0 Å².